The molecular formula is C12H17NO3. The van der Waals surface area contributed by atoms with Crippen molar-refractivity contribution in [1.82, 2.24) is 0 Å². The van der Waals surface area contributed by atoms with Gasteiger partial charge in [0.15, 0.2) is 11.5 Å². The van der Waals surface area contributed by atoms with Crippen LogP contribution in [0.2, 0.25) is 0 Å². The molecule has 1 saturated carbocycles. The summed E-state index contributed by atoms with van der Waals surface area (Å²) in [6, 6.07) is 3.63. The average molecular weight is 223 g/mol. The number of hydrogen-bond acceptors (Lipinski definition) is 4. The van der Waals surface area contributed by atoms with Crippen molar-refractivity contribution >= 4 is 0 Å². The lowest BCUT2D eigenvalue weighted by molar-refractivity contribution is 0.330. The molecule has 3 N–H and O–H groups in total. The average Bonchev–Trinajstić information content (AvgIpc) is 2.99. The van der Waals surface area contributed by atoms with E-state index in [0.29, 0.717) is 17.9 Å². The van der Waals surface area contributed by atoms with Crippen molar-refractivity contribution in [3.8, 4) is 17.2 Å². The van der Waals surface area contributed by atoms with Crippen LogP contribution in [0.4, 0.5) is 0 Å². The molecule has 1 aromatic rings. The molecule has 88 valence electrons. The first-order valence-electron chi connectivity index (χ1n) is 5.31. The van der Waals surface area contributed by atoms with E-state index in [9.17, 15) is 5.11 Å². The van der Waals surface area contributed by atoms with Gasteiger partial charge in [0.05, 0.1) is 14.2 Å². The van der Waals surface area contributed by atoms with Crippen LogP contribution in [0, 0.1) is 0 Å². The van der Waals surface area contributed by atoms with Crippen LogP contribution in [0.25, 0.3) is 0 Å². The molecule has 0 saturated heterocycles. The van der Waals surface area contributed by atoms with E-state index in [1.165, 1.54) is 7.11 Å². The van der Waals surface area contributed by atoms with Crippen molar-refractivity contribution in [3.63, 3.8) is 0 Å². The fourth-order valence-corrected chi connectivity index (χ4v) is 1.81. The van der Waals surface area contributed by atoms with Gasteiger partial charge in [-0.05, 0) is 30.9 Å². The summed E-state index contributed by atoms with van der Waals surface area (Å²) in [5, 5.41) is 10.0. The van der Waals surface area contributed by atoms with Crippen molar-refractivity contribution in [2.24, 2.45) is 5.73 Å². The van der Waals surface area contributed by atoms with Crippen LogP contribution in [0.5, 0.6) is 17.2 Å². The normalized spacial score (nSPS) is 16.9. The fourth-order valence-electron chi connectivity index (χ4n) is 1.81. The van der Waals surface area contributed by atoms with Gasteiger partial charge in [-0.1, -0.05) is 6.07 Å². The predicted molar refractivity (Wildman–Crippen MR) is 61.1 cm³/mol. The lowest BCUT2D eigenvalue weighted by Gasteiger charge is -2.15. The third-order valence-corrected chi connectivity index (χ3v) is 3.04. The van der Waals surface area contributed by atoms with E-state index in [2.05, 4.69) is 0 Å². The van der Waals surface area contributed by atoms with Crippen molar-refractivity contribution in [2.45, 2.75) is 24.8 Å². The lowest BCUT2D eigenvalue weighted by Crippen LogP contribution is -2.24. The molecule has 1 aliphatic rings. The molecule has 0 amide bonds. The minimum absolute atomic E-state index is 0.128. The standard InChI is InChI=1S/C12H17NO3/c1-15-9-4-3-8(7-12(13)5-6-12)10(14)11(9)16-2/h3-4,14H,5-7,13H2,1-2H3. The quantitative estimate of drug-likeness (QED) is 0.810. The van der Waals surface area contributed by atoms with Gasteiger partial charge >= 0.3 is 0 Å². The second kappa shape index (κ2) is 3.87. The Hall–Kier alpha value is -1.42. The number of aromatic hydroxyl groups is 1. The molecule has 0 radical (unpaired) electrons. The first-order valence-corrected chi connectivity index (χ1v) is 5.31. The molecule has 1 aromatic carbocycles. The Bertz CT molecular complexity index is 399. The van der Waals surface area contributed by atoms with E-state index in [-0.39, 0.29) is 11.3 Å². The molecule has 16 heavy (non-hydrogen) atoms. The molecular weight excluding hydrogens is 206 g/mol. The van der Waals surface area contributed by atoms with E-state index >= 15 is 0 Å². The number of nitrogens with two attached hydrogens (primary N) is 1. The van der Waals surface area contributed by atoms with Gasteiger partial charge < -0.3 is 20.3 Å². The molecule has 0 bridgehead atoms. The van der Waals surface area contributed by atoms with Gasteiger partial charge in [0, 0.05) is 5.54 Å². The van der Waals surface area contributed by atoms with Gasteiger partial charge in [-0.15, -0.1) is 0 Å². The molecule has 0 heterocycles. The summed E-state index contributed by atoms with van der Waals surface area (Å²) in [5.41, 5.74) is 6.72. The first kappa shape index (κ1) is 11.1. The number of benzene rings is 1. The van der Waals surface area contributed by atoms with Crippen LogP contribution >= 0.6 is 0 Å². The van der Waals surface area contributed by atoms with E-state index in [1.54, 1.807) is 13.2 Å². The summed E-state index contributed by atoms with van der Waals surface area (Å²) < 4.78 is 10.2. The Kier molecular flexibility index (Phi) is 2.68. The number of rotatable bonds is 4. The highest BCUT2D eigenvalue weighted by atomic mass is 16.5. The van der Waals surface area contributed by atoms with Gasteiger partial charge in [-0.2, -0.15) is 0 Å². The fraction of sp³-hybridized carbons (Fsp3) is 0.500. The maximum atomic E-state index is 10.0. The molecule has 2 rings (SSSR count). The zero-order valence-corrected chi connectivity index (χ0v) is 9.62. The van der Waals surface area contributed by atoms with E-state index in [1.807, 2.05) is 6.07 Å². The number of methoxy groups -OCH3 is 2. The Morgan fingerprint density at radius 2 is 2.00 bits per heavy atom. The summed E-state index contributed by atoms with van der Waals surface area (Å²) in [5.74, 6) is 1.05. The zero-order chi connectivity index (χ0) is 11.8. The maximum Gasteiger partial charge on any atom is 0.203 e. The van der Waals surface area contributed by atoms with E-state index in [0.717, 1.165) is 18.4 Å². The molecule has 4 heteroatoms. The van der Waals surface area contributed by atoms with Crippen molar-refractivity contribution in [1.29, 1.82) is 0 Å². The molecule has 4 nitrogen and oxygen atoms in total. The molecule has 0 unspecified atom stereocenters. The maximum absolute atomic E-state index is 10.0. The van der Waals surface area contributed by atoms with Crippen LogP contribution in [0.15, 0.2) is 12.1 Å². The monoisotopic (exact) mass is 223 g/mol. The summed E-state index contributed by atoms with van der Waals surface area (Å²) in [4.78, 5) is 0. The summed E-state index contributed by atoms with van der Waals surface area (Å²) in [6.45, 7) is 0. The highest BCUT2D eigenvalue weighted by Crippen LogP contribution is 2.43. The van der Waals surface area contributed by atoms with Gasteiger partial charge in [0.25, 0.3) is 0 Å². The summed E-state index contributed by atoms with van der Waals surface area (Å²) >= 11 is 0. The smallest absolute Gasteiger partial charge is 0.203 e. The highest BCUT2D eigenvalue weighted by molar-refractivity contribution is 5.55. The van der Waals surface area contributed by atoms with Crippen LogP contribution < -0.4 is 15.2 Å². The van der Waals surface area contributed by atoms with E-state index in [4.69, 9.17) is 15.2 Å². The molecule has 0 atom stereocenters. The number of ether oxygens (including phenoxy) is 2. The van der Waals surface area contributed by atoms with Crippen LogP contribution in [-0.4, -0.2) is 24.9 Å². The molecule has 0 aliphatic heterocycles. The molecule has 1 aliphatic carbocycles. The van der Waals surface area contributed by atoms with Gasteiger partial charge in [-0.25, -0.2) is 0 Å². The molecule has 1 fully saturated rings. The Morgan fingerprint density at radius 3 is 2.50 bits per heavy atom. The Balaban J connectivity index is 2.32. The highest BCUT2D eigenvalue weighted by Gasteiger charge is 2.39. The Labute approximate surface area is 95.0 Å². The minimum Gasteiger partial charge on any atom is -0.504 e. The van der Waals surface area contributed by atoms with Crippen LogP contribution in [-0.2, 0) is 6.42 Å². The lowest BCUT2D eigenvalue weighted by atomic mass is 10.0. The van der Waals surface area contributed by atoms with Crippen LogP contribution in [0.3, 0.4) is 0 Å². The minimum atomic E-state index is -0.128. The number of hydrogen-bond donors (Lipinski definition) is 2. The molecule has 0 aromatic heterocycles. The summed E-state index contributed by atoms with van der Waals surface area (Å²) in [6.07, 6.45) is 2.71. The van der Waals surface area contributed by atoms with Crippen molar-refractivity contribution in [2.75, 3.05) is 14.2 Å². The molecule has 0 spiro atoms. The van der Waals surface area contributed by atoms with Gasteiger partial charge in [0.2, 0.25) is 5.75 Å². The third-order valence-electron chi connectivity index (χ3n) is 3.04. The SMILES string of the molecule is COc1ccc(CC2(N)CC2)c(O)c1OC. The number of phenols is 1. The van der Waals surface area contributed by atoms with Gasteiger partial charge in [0.1, 0.15) is 0 Å². The van der Waals surface area contributed by atoms with Crippen LogP contribution in [0.1, 0.15) is 18.4 Å². The Morgan fingerprint density at radius 1 is 1.31 bits per heavy atom. The first-order chi connectivity index (χ1) is 7.59. The second-order valence-electron chi connectivity index (χ2n) is 4.35. The predicted octanol–water partition coefficient (Wildman–Crippen LogP) is 1.44. The van der Waals surface area contributed by atoms with Gasteiger partial charge in [-0.3, -0.25) is 0 Å². The number of phenolic OH excluding ortho intramolecular Hbond substituents is 1. The topological polar surface area (TPSA) is 64.7 Å². The van der Waals surface area contributed by atoms with Crippen molar-refractivity contribution < 1.29 is 14.6 Å². The van der Waals surface area contributed by atoms with Crippen molar-refractivity contribution in [3.05, 3.63) is 17.7 Å². The van der Waals surface area contributed by atoms with E-state index < -0.39 is 0 Å². The largest absolute Gasteiger partial charge is 0.504 e. The second-order valence-corrected chi connectivity index (χ2v) is 4.35. The third kappa shape index (κ3) is 1.93. The summed E-state index contributed by atoms with van der Waals surface area (Å²) in [7, 11) is 3.05. The zero-order valence-electron chi connectivity index (χ0n) is 9.62.